The van der Waals surface area contributed by atoms with Gasteiger partial charge in [-0.15, -0.1) is 0 Å². The lowest BCUT2D eigenvalue weighted by molar-refractivity contribution is -0.00965. The van der Waals surface area contributed by atoms with E-state index in [0.29, 0.717) is 11.8 Å². The largest absolute Gasteiger partial charge is 0.385 e. The molecule has 0 amide bonds. The highest BCUT2D eigenvalue weighted by molar-refractivity contribution is 6.30. The van der Waals surface area contributed by atoms with Crippen molar-refractivity contribution < 1.29 is 5.11 Å². The van der Waals surface area contributed by atoms with Gasteiger partial charge >= 0.3 is 0 Å². The second-order valence-electron chi connectivity index (χ2n) is 6.43. The van der Waals surface area contributed by atoms with Crippen LogP contribution < -0.4 is 0 Å². The van der Waals surface area contributed by atoms with Gasteiger partial charge in [-0.1, -0.05) is 48.0 Å². The summed E-state index contributed by atoms with van der Waals surface area (Å²) < 4.78 is 0. The Morgan fingerprint density at radius 2 is 1.43 bits per heavy atom. The van der Waals surface area contributed by atoms with Crippen molar-refractivity contribution in [3.05, 3.63) is 59.1 Å². The third-order valence-electron chi connectivity index (χ3n) is 5.49. The monoisotopic (exact) mass is 298 g/mol. The highest BCUT2D eigenvalue weighted by Gasteiger charge is 2.54. The molecule has 2 aliphatic rings. The van der Waals surface area contributed by atoms with Crippen LogP contribution in [0.1, 0.15) is 31.2 Å². The molecule has 0 spiro atoms. The Morgan fingerprint density at radius 1 is 0.857 bits per heavy atom. The molecular weight excluding hydrogens is 280 g/mol. The normalized spacial score (nSPS) is 30.8. The molecule has 2 aromatic rings. The number of hydrogen-bond acceptors (Lipinski definition) is 1. The molecule has 0 saturated heterocycles. The molecule has 21 heavy (non-hydrogen) atoms. The molecule has 0 aliphatic heterocycles. The molecule has 2 aromatic carbocycles. The highest BCUT2D eigenvalue weighted by atomic mass is 35.5. The maximum atomic E-state index is 11.4. The van der Waals surface area contributed by atoms with Gasteiger partial charge in [-0.3, -0.25) is 0 Å². The van der Waals surface area contributed by atoms with Crippen LogP contribution in [0.3, 0.4) is 0 Å². The highest BCUT2D eigenvalue weighted by Crippen LogP contribution is 2.58. The number of aliphatic hydroxyl groups is 1. The Bertz CT molecular complexity index is 642. The van der Waals surface area contributed by atoms with Crippen LogP contribution in [0.4, 0.5) is 0 Å². The summed E-state index contributed by atoms with van der Waals surface area (Å²) in [5.41, 5.74) is 2.76. The van der Waals surface area contributed by atoms with E-state index in [-0.39, 0.29) is 0 Å². The smallest absolute Gasteiger partial charge is 0.0958 e. The van der Waals surface area contributed by atoms with Crippen molar-refractivity contribution in [2.75, 3.05) is 0 Å². The van der Waals surface area contributed by atoms with Crippen LogP contribution in [0.15, 0.2) is 48.5 Å². The molecular formula is C19H19ClO. The SMILES string of the molecule is OC1(c2ccccc2-c2ccc(Cl)cc2)C2CCC1CC2. The van der Waals surface area contributed by atoms with Crippen LogP contribution in [0.5, 0.6) is 0 Å². The quantitative estimate of drug-likeness (QED) is 0.826. The molecule has 0 heterocycles. The molecule has 0 unspecified atom stereocenters. The Hall–Kier alpha value is -1.31. The second-order valence-corrected chi connectivity index (χ2v) is 6.86. The maximum absolute atomic E-state index is 11.4. The van der Waals surface area contributed by atoms with E-state index >= 15 is 0 Å². The van der Waals surface area contributed by atoms with Crippen molar-refractivity contribution in [1.82, 2.24) is 0 Å². The molecule has 2 bridgehead atoms. The van der Waals surface area contributed by atoms with E-state index in [0.717, 1.165) is 47.4 Å². The van der Waals surface area contributed by atoms with E-state index in [9.17, 15) is 5.11 Å². The minimum absolute atomic E-state index is 0.427. The van der Waals surface area contributed by atoms with E-state index < -0.39 is 5.60 Å². The summed E-state index contributed by atoms with van der Waals surface area (Å²) in [5.74, 6) is 0.854. The fourth-order valence-corrected chi connectivity index (χ4v) is 4.59. The van der Waals surface area contributed by atoms with Crippen LogP contribution in [-0.2, 0) is 5.60 Å². The molecule has 0 radical (unpaired) electrons. The molecule has 1 nitrogen and oxygen atoms in total. The summed E-state index contributed by atoms with van der Waals surface area (Å²) >= 11 is 6.00. The van der Waals surface area contributed by atoms with Crippen LogP contribution in [0.2, 0.25) is 5.02 Å². The number of rotatable bonds is 2. The molecule has 2 saturated carbocycles. The van der Waals surface area contributed by atoms with E-state index in [1.807, 2.05) is 36.4 Å². The van der Waals surface area contributed by atoms with E-state index in [2.05, 4.69) is 12.1 Å². The second kappa shape index (κ2) is 4.86. The van der Waals surface area contributed by atoms with Gasteiger partial charge in [0, 0.05) is 5.02 Å². The van der Waals surface area contributed by atoms with Crippen LogP contribution in [0, 0.1) is 11.8 Å². The van der Waals surface area contributed by atoms with Crippen molar-refractivity contribution in [2.24, 2.45) is 11.8 Å². The first-order valence-electron chi connectivity index (χ1n) is 7.77. The molecule has 108 valence electrons. The summed E-state index contributed by atoms with van der Waals surface area (Å²) in [7, 11) is 0. The predicted octanol–water partition coefficient (Wildman–Crippen LogP) is 5.01. The Balaban J connectivity index is 1.85. The molecule has 2 fully saturated rings. The van der Waals surface area contributed by atoms with Gasteiger partial charge in [0.25, 0.3) is 0 Å². The van der Waals surface area contributed by atoms with Crippen molar-refractivity contribution in [3.8, 4) is 11.1 Å². The minimum atomic E-state index is -0.629. The van der Waals surface area contributed by atoms with Crippen molar-refractivity contribution >= 4 is 11.6 Å². The van der Waals surface area contributed by atoms with Crippen molar-refractivity contribution in [1.29, 1.82) is 0 Å². The first kappa shape index (κ1) is 13.4. The number of fused-ring (bicyclic) bond motifs is 2. The average Bonchev–Trinajstić information content (AvgIpc) is 3.02. The fourth-order valence-electron chi connectivity index (χ4n) is 4.46. The van der Waals surface area contributed by atoms with Gasteiger partial charge < -0.3 is 5.11 Å². The molecule has 0 aromatic heterocycles. The summed E-state index contributed by atoms with van der Waals surface area (Å²) in [4.78, 5) is 0. The van der Waals surface area contributed by atoms with Crippen LogP contribution in [-0.4, -0.2) is 5.11 Å². The van der Waals surface area contributed by atoms with Crippen molar-refractivity contribution in [2.45, 2.75) is 31.3 Å². The standard InChI is InChI=1S/C19H19ClO/c20-16-11-5-13(6-12-16)17-3-1-2-4-18(17)19(21)14-7-8-15(19)10-9-14/h1-6,11-12,14-15,21H,7-10H2. The van der Waals surface area contributed by atoms with Crippen molar-refractivity contribution in [3.63, 3.8) is 0 Å². The Labute approximate surface area is 130 Å². The van der Waals surface area contributed by atoms with Crippen LogP contribution in [0.25, 0.3) is 11.1 Å². The summed E-state index contributed by atoms with van der Waals surface area (Å²) in [6.45, 7) is 0. The number of benzene rings is 2. The topological polar surface area (TPSA) is 20.2 Å². The Kier molecular flexibility index (Phi) is 3.09. The zero-order valence-corrected chi connectivity index (χ0v) is 12.7. The summed E-state index contributed by atoms with van der Waals surface area (Å²) in [6, 6.07) is 16.2. The van der Waals surface area contributed by atoms with E-state index in [1.54, 1.807) is 0 Å². The van der Waals surface area contributed by atoms with Gasteiger partial charge in [0.2, 0.25) is 0 Å². The van der Waals surface area contributed by atoms with Gasteiger partial charge in [0.15, 0.2) is 0 Å². The first-order valence-corrected chi connectivity index (χ1v) is 8.15. The van der Waals surface area contributed by atoms with E-state index in [4.69, 9.17) is 11.6 Å². The lowest BCUT2D eigenvalue weighted by Gasteiger charge is -2.31. The third kappa shape index (κ3) is 1.95. The van der Waals surface area contributed by atoms with E-state index in [1.165, 1.54) is 0 Å². The molecule has 1 N–H and O–H groups in total. The minimum Gasteiger partial charge on any atom is -0.385 e. The van der Waals surface area contributed by atoms with Crippen LogP contribution >= 0.6 is 11.6 Å². The van der Waals surface area contributed by atoms with Gasteiger partial charge in [-0.2, -0.15) is 0 Å². The van der Waals surface area contributed by atoms with Gasteiger partial charge in [-0.05, 0) is 66.3 Å². The Morgan fingerprint density at radius 3 is 2.05 bits per heavy atom. The summed E-state index contributed by atoms with van der Waals surface area (Å²) in [5, 5.41) is 12.2. The molecule has 2 heteroatoms. The fraction of sp³-hybridized carbons (Fsp3) is 0.368. The zero-order chi connectivity index (χ0) is 14.4. The van der Waals surface area contributed by atoms with Gasteiger partial charge in [0.1, 0.15) is 0 Å². The zero-order valence-electron chi connectivity index (χ0n) is 11.9. The summed E-state index contributed by atoms with van der Waals surface area (Å²) in [6.07, 6.45) is 4.65. The predicted molar refractivity (Wildman–Crippen MR) is 86.2 cm³/mol. The van der Waals surface area contributed by atoms with Gasteiger partial charge in [-0.25, -0.2) is 0 Å². The average molecular weight is 299 g/mol. The van der Waals surface area contributed by atoms with Gasteiger partial charge in [0.05, 0.1) is 5.60 Å². The number of halogens is 1. The molecule has 0 atom stereocenters. The first-order chi connectivity index (χ1) is 10.2. The lowest BCUT2D eigenvalue weighted by atomic mass is 9.80. The lowest BCUT2D eigenvalue weighted by Crippen LogP contribution is -2.31. The third-order valence-corrected chi connectivity index (χ3v) is 5.74. The number of hydrogen-bond donors (Lipinski definition) is 1. The maximum Gasteiger partial charge on any atom is 0.0958 e. The molecule has 4 rings (SSSR count). The molecule has 2 aliphatic carbocycles.